The monoisotopic (exact) mass is 438 g/mol. The van der Waals surface area contributed by atoms with E-state index in [1.165, 1.54) is 64.2 Å². The van der Waals surface area contributed by atoms with E-state index in [1.807, 2.05) is 0 Å². The van der Waals surface area contributed by atoms with E-state index in [-0.39, 0.29) is 10.8 Å². The number of aliphatic hydroxyl groups is 1. The molecule has 0 heterocycles. The van der Waals surface area contributed by atoms with Crippen molar-refractivity contribution in [2.45, 2.75) is 113 Å². The van der Waals surface area contributed by atoms with E-state index in [4.69, 9.17) is 0 Å². The summed E-state index contributed by atoms with van der Waals surface area (Å²) < 4.78 is 0. The maximum Gasteiger partial charge on any atom is 0.0995 e. The summed E-state index contributed by atoms with van der Waals surface area (Å²) >= 11 is 0. The molecule has 0 aromatic rings. The number of hydrogen-bond donors (Lipinski definition) is 1. The summed E-state index contributed by atoms with van der Waals surface area (Å²) in [7, 11) is 0. The van der Waals surface area contributed by atoms with Gasteiger partial charge in [0, 0.05) is 5.41 Å². The Bertz CT molecular complexity index is 833. The predicted octanol–water partition coefficient (Wildman–Crippen LogP) is 9.11. The van der Waals surface area contributed by atoms with Gasteiger partial charge in [0.1, 0.15) is 0 Å². The van der Waals surface area contributed by atoms with Crippen LogP contribution in [0.5, 0.6) is 0 Å². The average molecular weight is 439 g/mol. The van der Waals surface area contributed by atoms with Crippen LogP contribution in [0.1, 0.15) is 113 Å². The van der Waals surface area contributed by atoms with Gasteiger partial charge in [0.05, 0.1) is 5.76 Å². The molecule has 0 unspecified atom stereocenters. The molecule has 0 aromatic heterocycles. The summed E-state index contributed by atoms with van der Waals surface area (Å²) in [6.07, 6.45) is 15.7. The van der Waals surface area contributed by atoms with E-state index in [9.17, 15) is 5.11 Å². The van der Waals surface area contributed by atoms with Gasteiger partial charge in [-0.05, 0) is 108 Å². The van der Waals surface area contributed by atoms with E-state index in [0.717, 1.165) is 29.2 Å². The second-order valence-electron chi connectivity index (χ2n) is 14.5. The number of allylic oxidation sites excluding steroid dienone is 3. The molecule has 0 aliphatic heterocycles. The Morgan fingerprint density at radius 3 is 2.31 bits per heavy atom. The van der Waals surface area contributed by atoms with Crippen molar-refractivity contribution in [3.63, 3.8) is 0 Å². The van der Waals surface area contributed by atoms with Gasteiger partial charge in [-0.1, -0.05) is 74.3 Å². The first-order valence-corrected chi connectivity index (χ1v) is 14.0. The molecule has 0 saturated heterocycles. The average Bonchev–Trinajstić information content (AvgIpc) is 3.32. The lowest BCUT2D eigenvalue weighted by atomic mass is 9.42. The number of rotatable bonds is 5. The molecule has 0 aromatic carbocycles. The molecule has 8 atom stereocenters. The minimum atomic E-state index is 0.0614. The molecule has 0 amide bonds. The highest BCUT2D eigenvalue weighted by atomic mass is 16.3. The molecule has 32 heavy (non-hydrogen) atoms. The largest absolute Gasteiger partial charge is 0.512 e. The summed E-state index contributed by atoms with van der Waals surface area (Å²) in [5.41, 5.74) is 2.60. The molecular weight excluding hydrogens is 388 g/mol. The summed E-state index contributed by atoms with van der Waals surface area (Å²) in [4.78, 5) is 0. The summed E-state index contributed by atoms with van der Waals surface area (Å²) in [5.74, 6) is 4.64. The molecule has 1 heteroatoms. The Kier molecular flexibility index (Phi) is 4.98. The Balaban J connectivity index is 1.44. The van der Waals surface area contributed by atoms with Crippen LogP contribution in [0, 0.1) is 56.7 Å². The molecule has 5 rings (SSSR count). The normalized spacial score (nSPS) is 49.6. The van der Waals surface area contributed by atoms with Crippen molar-refractivity contribution in [1.29, 1.82) is 0 Å². The second kappa shape index (κ2) is 6.91. The topological polar surface area (TPSA) is 20.2 Å². The summed E-state index contributed by atoms with van der Waals surface area (Å²) in [6, 6.07) is 0. The van der Waals surface area contributed by atoms with Crippen LogP contribution in [0.3, 0.4) is 0 Å². The quantitative estimate of drug-likeness (QED) is 0.453. The van der Waals surface area contributed by atoms with E-state index < -0.39 is 0 Å². The zero-order valence-corrected chi connectivity index (χ0v) is 22.2. The van der Waals surface area contributed by atoms with Crippen molar-refractivity contribution >= 4 is 0 Å². The van der Waals surface area contributed by atoms with Gasteiger partial charge in [0.2, 0.25) is 0 Å². The first-order valence-electron chi connectivity index (χ1n) is 14.0. The highest BCUT2D eigenvalue weighted by Gasteiger charge is 2.83. The maximum absolute atomic E-state index is 11.4. The summed E-state index contributed by atoms with van der Waals surface area (Å²) in [5, 5.41) is 11.4. The van der Waals surface area contributed by atoms with Crippen LogP contribution in [0.15, 0.2) is 24.0 Å². The molecule has 4 saturated carbocycles. The van der Waals surface area contributed by atoms with Crippen molar-refractivity contribution in [2.24, 2.45) is 56.7 Å². The third-order valence-electron chi connectivity index (χ3n) is 12.9. The van der Waals surface area contributed by atoms with Gasteiger partial charge >= 0.3 is 0 Å². The van der Waals surface area contributed by atoms with Gasteiger partial charge in [-0.15, -0.1) is 0 Å². The van der Waals surface area contributed by atoms with Crippen LogP contribution in [-0.4, -0.2) is 5.11 Å². The van der Waals surface area contributed by atoms with E-state index >= 15 is 0 Å². The molecule has 4 fully saturated rings. The van der Waals surface area contributed by atoms with Crippen molar-refractivity contribution in [3.8, 4) is 0 Å². The van der Waals surface area contributed by atoms with Crippen LogP contribution in [-0.2, 0) is 0 Å². The molecule has 0 bridgehead atoms. The van der Waals surface area contributed by atoms with Gasteiger partial charge in [-0.25, -0.2) is 0 Å². The molecule has 1 nitrogen and oxygen atoms in total. The zero-order chi connectivity index (χ0) is 23.3. The molecule has 1 N–H and O–H groups in total. The molecule has 5 aliphatic rings. The molecular formula is C31H50O. The van der Waals surface area contributed by atoms with E-state index in [0.29, 0.717) is 27.9 Å². The van der Waals surface area contributed by atoms with Gasteiger partial charge in [0.25, 0.3) is 0 Å². The van der Waals surface area contributed by atoms with Crippen LogP contribution >= 0.6 is 0 Å². The number of hydrogen-bond acceptors (Lipinski definition) is 1. The SMILES string of the molecule is C=C1C=C(O)[C@]23C[C@]24CC[C@]2(C)[C@@H]([C@H](C)CCCC(C)C)CC[C@@]2(C)[C@@H]4CC[C@H]3C1(C)C. The van der Waals surface area contributed by atoms with Crippen LogP contribution < -0.4 is 0 Å². The smallest absolute Gasteiger partial charge is 0.0995 e. The first-order chi connectivity index (χ1) is 14.9. The van der Waals surface area contributed by atoms with Gasteiger partial charge in [-0.2, -0.15) is 0 Å². The van der Waals surface area contributed by atoms with Crippen molar-refractivity contribution in [2.75, 3.05) is 0 Å². The van der Waals surface area contributed by atoms with Crippen LogP contribution in [0.4, 0.5) is 0 Å². The van der Waals surface area contributed by atoms with Gasteiger partial charge in [-0.3, -0.25) is 0 Å². The summed E-state index contributed by atoms with van der Waals surface area (Å²) in [6.45, 7) is 21.9. The zero-order valence-electron chi connectivity index (χ0n) is 22.2. The molecule has 0 radical (unpaired) electrons. The fourth-order valence-corrected chi connectivity index (χ4v) is 10.8. The van der Waals surface area contributed by atoms with Crippen LogP contribution in [0.25, 0.3) is 0 Å². The van der Waals surface area contributed by atoms with Crippen molar-refractivity contribution in [3.05, 3.63) is 24.0 Å². The standard InChI is InChI=1S/C31H50O/c1-20(2)10-9-11-21(3)23-14-15-29(8)25-13-12-24-27(5,6)22(4)18-26(32)31(24)19-30(25,31)17-16-28(23,29)7/h18,20-21,23-25,32H,4,9-17,19H2,1-3,5-8H3/t21-,23-,24+,25+,28-,29+,30+,31-/m1/s1. The Morgan fingerprint density at radius 1 is 0.938 bits per heavy atom. The van der Waals surface area contributed by atoms with Crippen molar-refractivity contribution in [1.82, 2.24) is 0 Å². The van der Waals surface area contributed by atoms with E-state index in [1.54, 1.807) is 0 Å². The Morgan fingerprint density at radius 2 is 1.62 bits per heavy atom. The molecule has 5 aliphatic carbocycles. The Labute approximate surface area is 198 Å². The highest BCUT2D eigenvalue weighted by Crippen LogP contribution is 2.89. The Hall–Kier alpha value is -0.720. The number of aliphatic hydroxyl groups excluding tert-OH is 1. The van der Waals surface area contributed by atoms with Crippen LogP contribution in [0.2, 0.25) is 0 Å². The first kappa shape index (κ1) is 23.0. The highest BCUT2D eigenvalue weighted by molar-refractivity contribution is 5.45. The maximum atomic E-state index is 11.4. The van der Waals surface area contributed by atoms with Crippen molar-refractivity contribution < 1.29 is 5.11 Å². The molecule has 180 valence electrons. The lowest BCUT2D eigenvalue weighted by Crippen LogP contribution is -2.56. The van der Waals surface area contributed by atoms with E-state index in [2.05, 4.69) is 61.1 Å². The molecule has 2 spiro atoms. The predicted molar refractivity (Wildman–Crippen MR) is 135 cm³/mol. The lowest BCUT2D eigenvalue weighted by molar-refractivity contribution is -0.131. The van der Waals surface area contributed by atoms with Gasteiger partial charge < -0.3 is 5.11 Å². The third-order valence-corrected chi connectivity index (χ3v) is 12.9. The third kappa shape index (κ3) is 2.58. The minimum absolute atomic E-state index is 0.0614. The minimum Gasteiger partial charge on any atom is -0.512 e. The van der Waals surface area contributed by atoms with Gasteiger partial charge in [0.15, 0.2) is 0 Å². The fraction of sp³-hybridized carbons (Fsp3) is 0.871. The fourth-order valence-electron chi connectivity index (χ4n) is 10.8. The number of fused-ring (bicyclic) bond motifs is 2. The second-order valence-corrected chi connectivity index (χ2v) is 14.5. The lowest BCUT2D eigenvalue weighted by Gasteiger charge is -2.62.